The molecule has 2 amide bonds. The first-order chi connectivity index (χ1) is 14.4. The molecule has 156 valence electrons. The molecule has 30 heavy (non-hydrogen) atoms. The molecular formula is C19H16F3N5O2S. The van der Waals surface area contributed by atoms with Crippen molar-refractivity contribution in [3.63, 3.8) is 0 Å². The molecule has 4 rings (SSSR count). The summed E-state index contributed by atoms with van der Waals surface area (Å²) in [6, 6.07) is 8.54. The van der Waals surface area contributed by atoms with Crippen molar-refractivity contribution in [1.82, 2.24) is 10.9 Å². The number of amidine groups is 1. The van der Waals surface area contributed by atoms with E-state index in [2.05, 4.69) is 21.2 Å². The Balaban J connectivity index is 1.54. The Bertz CT molecular complexity index is 1030. The van der Waals surface area contributed by atoms with Crippen molar-refractivity contribution in [2.45, 2.75) is 6.17 Å². The molecule has 11 heteroatoms. The number of benzene rings is 2. The number of hydrogen-bond donors (Lipinski definition) is 3. The first-order valence-corrected chi connectivity index (χ1v) is 9.94. The number of hydrogen-bond acceptors (Lipinski definition) is 6. The fourth-order valence-corrected chi connectivity index (χ4v) is 3.97. The molecule has 1 saturated heterocycles. The highest BCUT2D eigenvalue weighted by molar-refractivity contribution is 8.14. The van der Waals surface area contributed by atoms with Crippen LogP contribution in [0, 0.1) is 23.4 Å². The van der Waals surface area contributed by atoms with Crippen LogP contribution >= 0.6 is 11.8 Å². The smallest absolute Gasteiger partial charge is 0.241 e. The summed E-state index contributed by atoms with van der Waals surface area (Å²) in [5.74, 6) is -4.07. The van der Waals surface area contributed by atoms with Crippen molar-refractivity contribution < 1.29 is 22.8 Å². The molecule has 0 aliphatic carbocycles. The number of fused-ring (bicyclic) bond motifs is 1. The number of thioether (sulfide) groups is 1. The maximum absolute atomic E-state index is 13.8. The summed E-state index contributed by atoms with van der Waals surface area (Å²) in [5.41, 5.74) is 6.12. The molecule has 2 aliphatic rings. The first-order valence-electron chi connectivity index (χ1n) is 8.96. The maximum atomic E-state index is 13.8. The van der Waals surface area contributed by atoms with Gasteiger partial charge in [-0.15, -0.1) is 0 Å². The molecule has 2 aromatic carbocycles. The Hall–Kier alpha value is -2.89. The van der Waals surface area contributed by atoms with E-state index < -0.39 is 35.4 Å². The van der Waals surface area contributed by atoms with Gasteiger partial charge in [-0.3, -0.25) is 19.9 Å². The second kappa shape index (κ2) is 8.46. The molecule has 0 bridgehead atoms. The van der Waals surface area contributed by atoms with Crippen LogP contribution in [0.2, 0.25) is 0 Å². The van der Waals surface area contributed by atoms with E-state index in [1.54, 1.807) is 6.07 Å². The zero-order chi connectivity index (χ0) is 21.3. The summed E-state index contributed by atoms with van der Waals surface area (Å²) >= 11 is 0.960. The third kappa shape index (κ3) is 4.18. The molecular weight excluding hydrogens is 419 g/mol. The molecule has 0 radical (unpaired) electrons. The lowest BCUT2D eigenvalue weighted by Gasteiger charge is -2.32. The van der Waals surface area contributed by atoms with Gasteiger partial charge in [-0.05, 0) is 30.3 Å². The number of carbonyl (C=O) groups is 2. The van der Waals surface area contributed by atoms with Crippen LogP contribution in [0.4, 0.5) is 24.5 Å². The highest BCUT2D eigenvalue weighted by Crippen LogP contribution is 2.30. The summed E-state index contributed by atoms with van der Waals surface area (Å²) < 4.78 is 40.4. The van der Waals surface area contributed by atoms with Gasteiger partial charge < -0.3 is 5.32 Å². The van der Waals surface area contributed by atoms with E-state index in [0.717, 1.165) is 23.9 Å². The van der Waals surface area contributed by atoms with Crippen LogP contribution in [0.25, 0.3) is 0 Å². The van der Waals surface area contributed by atoms with Gasteiger partial charge in [0.2, 0.25) is 11.8 Å². The molecule has 0 aromatic heterocycles. The van der Waals surface area contributed by atoms with Gasteiger partial charge in [-0.1, -0.05) is 17.8 Å². The summed E-state index contributed by atoms with van der Waals surface area (Å²) in [6.07, 6.45) is -0.534. The molecule has 2 unspecified atom stereocenters. The molecule has 2 aliphatic heterocycles. The summed E-state index contributed by atoms with van der Waals surface area (Å²) in [5, 5.41) is 2.72. The number of halogens is 3. The topological polar surface area (TPSA) is 85.8 Å². The predicted octanol–water partition coefficient (Wildman–Crippen LogP) is 2.23. The minimum atomic E-state index is -1.10. The largest absolute Gasteiger partial charge is 0.325 e. The SMILES string of the molecule is O=C(CSC1=NC2NNCC2C(=O)N1c1ccc(F)c(F)c1)Nc1cccc(F)c1. The molecule has 7 nitrogen and oxygen atoms in total. The fourth-order valence-electron chi connectivity index (χ4n) is 3.12. The van der Waals surface area contributed by atoms with Crippen LogP contribution in [-0.4, -0.2) is 35.4 Å². The van der Waals surface area contributed by atoms with E-state index in [-0.39, 0.29) is 22.5 Å². The van der Waals surface area contributed by atoms with Crippen LogP contribution in [-0.2, 0) is 9.59 Å². The molecule has 2 heterocycles. The van der Waals surface area contributed by atoms with E-state index in [0.29, 0.717) is 12.2 Å². The van der Waals surface area contributed by atoms with Crippen LogP contribution < -0.4 is 21.1 Å². The number of amides is 2. The lowest BCUT2D eigenvalue weighted by molar-refractivity contribution is -0.121. The Morgan fingerprint density at radius 3 is 2.80 bits per heavy atom. The van der Waals surface area contributed by atoms with E-state index in [1.807, 2.05) is 0 Å². The predicted molar refractivity (Wildman–Crippen MR) is 107 cm³/mol. The molecule has 2 atom stereocenters. The Morgan fingerprint density at radius 2 is 2.03 bits per heavy atom. The number of nitrogens with one attached hydrogen (secondary N) is 3. The second-order valence-corrected chi connectivity index (χ2v) is 7.55. The van der Waals surface area contributed by atoms with Gasteiger partial charge >= 0.3 is 0 Å². The number of rotatable bonds is 4. The van der Waals surface area contributed by atoms with Gasteiger partial charge in [0.15, 0.2) is 16.8 Å². The third-order valence-corrected chi connectivity index (χ3v) is 5.49. The average molecular weight is 435 g/mol. The van der Waals surface area contributed by atoms with Gasteiger partial charge in [-0.2, -0.15) is 0 Å². The number of aliphatic imine (C=N–C) groups is 1. The van der Waals surface area contributed by atoms with E-state index in [9.17, 15) is 22.8 Å². The maximum Gasteiger partial charge on any atom is 0.241 e. The molecule has 0 spiro atoms. The minimum absolute atomic E-state index is 0.112. The molecule has 2 aromatic rings. The van der Waals surface area contributed by atoms with Gasteiger partial charge in [-0.25, -0.2) is 23.6 Å². The molecule has 3 N–H and O–H groups in total. The number of carbonyl (C=O) groups excluding carboxylic acids is 2. The first kappa shape index (κ1) is 20.4. The normalized spacial score (nSPS) is 20.7. The van der Waals surface area contributed by atoms with Crippen molar-refractivity contribution in [1.29, 1.82) is 0 Å². The fraction of sp³-hybridized carbons (Fsp3) is 0.211. The van der Waals surface area contributed by atoms with Crippen LogP contribution in [0.15, 0.2) is 47.5 Å². The number of anilines is 2. The Morgan fingerprint density at radius 1 is 1.20 bits per heavy atom. The summed E-state index contributed by atoms with van der Waals surface area (Å²) in [7, 11) is 0. The highest BCUT2D eigenvalue weighted by atomic mass is 32.2. The van der Waals surface area contributed by atoms with Gasteiger partial charge in [0.25, 0.3) is 0 Å². The van der Waals surface area contributed by atoms with Crippen molar-refractivity contribution in [3.05, 3.63) is 59.9 Å². The summed E-state index contributed by atoms with van der Waals surface area (Å²) in [6.45, 7) is 0.325. The zero-order valence-electron chi connectivity index (χ0n) is 15.4. The standard InChI is InChI=1S/C19H16F3N5O2S/c20-10-2-1-3-11(6-10)24-16(28)9-30-19-25-17-13(8-23-26-17)18(29)27(19)12-4-5-14(21)15(22)7-12/h1-7,13,17,23,26H,8-9H2,(H,24,28). The number of hydrazine groups is 1. The van der Waals surface area contributed by atoms with Crippen molar-refractivity contribution in [3.8, 4) is 0 Å². The average Bonchev–Trinajstić information content (AvgIpc) is 3.18. The van der Waals surface area contributed by atoms with E-state index >= 15 is 0 Å². The van der Waals surface area contributed by atoms with Crippen LogP contribution in [0.3, 0.4) is 0 Å². The monoisotopic (exact) mass is 435 g/mol. The highest BCUT2D eigenvalue weighted by Gasteiger charge is 2.42. The quantitative estimate of drug-likeness (QED) is 0.686. The van der Waals surface area contributed by atoms with Crippen molar-refractivity contribution in [2.24, 2.45) is 10.9 Å². The third-order valence-electron chi connectivity index (χ3n) is 4.53. The molecule has 1 fully saturated rings. The zero-order valence-corrected chi connectivity index (χ0v) is 16.2. The van der Waals surface area contributed by atoms with Gasteiger partial charge in [0.05, 0.1) is 17.4 Å². The van der Waals surface area contributed by atoms with Gasteiger partial charge in [0.1, 0.15) is 12.0 Å². The van der Waals surface area contributed by atoms with E-state index in [4.69, 9.17) is 0 Å². The lowest BCUT2D eigenvalue weighted by atomic mass is 10.0. The summed E-state index contributed by atoms with van der Waals surface area (Å²) in [4.78, 5) is 30.9. The van der Waals surface area contributed by atoms with E-state index in [1.165, 1.54) is 29.2 Å². The number of nitrogens with zero attached hydrogens (tertiary/aromatic N) is 2. The minimum Gasteiger partial charge on any atom is -0.325 e. The van der Waals surface area contributed by atoms with Crippen LogP contribution in [0.1, 0.15) is 0 Å². The Labute approximate surface area is 173 Å². The van der Waals surface area contributed by atoms with Crippen molar-refractivity contribution >= 4 is 40.1 Å². The lowest BCUT2D eigenvalue weighted by Crippen LogP contribution is -2.49. The van der Waals surface area contributed by atoms with Crippen LogP contribution in [0.5, 0.6) is 0 Å². The Kier molecular flexibility index (Phi) is 5.75. The molecule has 0 saturated carbocycles. The second-order valence-electron chi connectivity index (χ2n) is 6.61. The van der Waals surface area contributed by atoms with Crippen molar-refractivity contribution in [2.75, 3.05) is 22.5 Å². The van der Waals surface area contributed by atoms with Gasteiger partial charge in [0, 0.05) is 18.3 Å².